The molecule has 23 heavy (non-hydrogen) atoms. The highest BCUT2D eigenvalue weighted by atomic mass is 16.2. The first-order valence-corrected chi connectivity index (χ1v) is 8.41. The van der Waals surface area contributed by atoms with E-state index >= 15 is 0 Å². The third kappa shape index (κ3) is 2.10. The molecular formula is C20H22N2O. The molecule has 2 heterocycles. The zero-order valence-electron chi connectivity index (χ0n) is 13.7. The molecule has 1 aliphatic carbocycles. The number of nitrogens with zero attached hydrogens (tertiary/aromatic N) is 2. The lowest BCUT2D eigenvalue weighted by atomic mass is 9.59. The van der Waals surface area contributed by atoms with Crippen LogP contribution in [0.5, 0.6) is 0 Å². The lowest BCUT2D eigenvalue weighted by molar-refractivity contribution is 0.0246. The average Bonchev–Trinajstić information content (AvgIpc) is 2.58. The van der Waals surface area contributed by atoms with Crippen LogP contribution < -0.4 is 0 Å². The molecular weight excluding hydrogens is 284 g/mol. The summed E-state index contributed by atoms with van der Waals surface area (Å²) in [6, 6.07) is 14.6. The molecule has 0 spiro atoms. The van der Waals surface area contributed by atoms with Crippen LogP contribution in [-0.2, 0) is 11.8 Å². The van der Waals surface area contributed by atoms with Crippen molar-refractivity contribution in [3.8, 4) is 0 Å². The van der Waals surface area contributed by atoms with Gasteiger partial charge in [0.15, 0.2) is 0 Å². The quantitative estimate of drug-likeness (QED) is 0.808. The molecule has 1 fully saturated rings. The molecule has 0 N–H and O–H groups in total. The van der Waals surface area contributed by atoms with Gasteiger partial charge in [0.1, 0.15) is 5.69 Å². The summed E-state index contributed by atoms with van der Waals surface area (Å²) in [4.78, 5) is 19.2. The van der Waals surface area contributed by atoms with Crippen LogP contribution in [0.4, 0.5) is 0 Å². The summed E-state index contributed by atoms with van der Waals surface area (Å²) in [7, 11) is 0. The van der Waals surface area contributed by atoms with Crippen LogP contribution in [0.1, 0.15) is 41.9 Å². The normalized spacial score (nSPS) is 29.0. The first-order chi connectivity index (χ1) is 11.1. The van der Waals surface area contributed by atoms with E-state index in [2.05, 4.69) is 48.0 Å². The summed E-state index contributed by atoms with van der Waals surface area (Å²) in [5.41, 5.74) is 3.60. The van der Waals surface area contributed by atoms with E-state index in [4.69, 9.17) is 0 Å². The molecule has 0 saturated carbocycles. The zero-order valence-corrected chi connectivity index (χ0v) is 13.7. The predicted molar refractivity (Wildman–Crippen MR) is 90.3 cm³/mol. The van der Waals surface area contributed by atoms with E-state index in [9.17, 15) is 4.79 Å². The second kappa shape index (κ2) is 5.19. The van der Waals surface area contributed by atoms with Gasteiger partial charge in [0, 0.05) is 18.8 Å². The molecule has 3 nitrogen and oxygen atoms in total. The van der Waals surface area contributed by atoms with Gasteiger partial charge in [0.05, 0.1) is 0 Å². The maximum absolute atomic E-state index is 12.9. The van der Waals surface area contributed by atoms with Crippen LogP contribution in [0, 0.1) is 5.92 Å². The summed E-state index contributed by atoms with van der Waals surface area (Å²) in [5, 5.41) is 0. The number of fused-ring (bicyclic) bond motifs is 4. The molecule has 1 amide bonds. The molecule has 1 aliphatic heterocycles. The largest absolute Gasteiger partial charge is 0.334 e. The summed E-state index contributed by atoms with van der Waals surface area (Å²) in [5.74, 6) is 0.530. The average molecular weight is 306 g/mol. The maximum Gasteiger partial charge on any atom is 0.272 e. The predicted octanol–water partition coefficient (Wildman–Crippen LogP) is 3.45. The molecule has 4 rings (SSSR count). The summed E-state index contributed by atoms with van der Waals surface area (Å²) in [6.45, 7) is 5.49. The second-order valence-electron chi connectivity index (χ2n) is 7.10. The number of amides is 1. The highest BCUT2D eigenvalue weighted by Gasteiger charge is 2.49. The maximum atomic E-state index is 12.9. The van der Waals surface area contributed by atoms with E-state index in [1.54, 1.807) is 6.20 Å². The van der Waals surface area contributed by atoms with Gasteiger partial charge >= 0.3 is 0 Å². The minimum absolute atomic E-state index is 0.0730. The number of carbonyl (C=O) groups is 1. The van der Waals surface area contributed by atoms with E-state index < -0.39 is 0 Å². The van der Waals surface area contributed by atoms with Crippen molar-refractivity contribution in [2.75, 3.05) is 6.54 Å². The highest BCUT2D eigenvalue weighted by Crippen LogP contribution is 2.48. The van der Waals surface area contributed by atoms with Crippen molar-refractivity contribution in [2.45, 2.75) is 38.1 Å². The number of likely N-dealkylation sites (tertiary alicyclic amines) is 1. The van der Waals surface area contributed by atoms with Crippen LogP contribution in [0.2, 0.25) is 0 Å². The minimum atomic E-state index is 0.0730. The third-order valence-electron chi connectivity index (χ3n) is 6.06. The Bertz CT molecular complexity index is 742. The van der Waals surface area contributed by atoms with Gasteiger partial charge < -0.3 is 4.90 Å². The molecule has 1 aromatic heterocycles. The highest BCUT2D eigenvalue weighted by molar-refractivity contribution is 5.92. The monoisotopic (exact) mass is 306 g/mol. The van der Waals surface area contributed by atoms with Crippen LogP contribution >= 0.6 is 0 Å². The number of pyridine rings is 1. The van der Waals surface area contributed by atoms with Crippen molar-refractivity contribution in [1.82, 2.24) is 9.88 Å². The number of hydrogen-bond donors (Lipinski definition) is 0. The molecule has 3 atom stereocenters. The Hall–Kier alpha value is -2.16. The fraction of sp³-hybridized carbons (Fsp3) is 0.400. The van der Waals surface area contributed by atoms with E-state index in [-0.39, 0.29) is 17.4 Å². The Labute approximate surface area is 137 Å². The number of rotatable bonds is 1. The summed E-state index contributed by atoms with van der Waals surface area (Å²) < 4.78 is 0. The summed E-state index contributed by atoms with van der Waals surface area (Å²) >= 11 is 0. The van der Waals surface area contributed by atoms with Crippen LogP contribution in [-0.4, -0.2) is 28.4 Å². The number of hydrogen-bond acceptors (Lipinski definition) is 2. The molecule has 2 bridgehead atoms. The smallest absolute Gasteiger partial charge is 0.272 e. The van der Waals surface area contributed by atoms with Gasteiger partial charge in [-0.3, -0.25) is 9.78 Å². The van der Waals surface area contributed by atoms with Crippen LogP contribution in [0.25, 0.3) is 0 Å². The number of benzene rings is 1. The molecule has 0 radical (unpaired) electrons. The lowest BCUT2D eigenvalue weighted by Gasteiger charge is -2.54. The Morgan fingerprint density at radius 3 is 2.78 bits per heavy atom. The number of carbonyl (C=O) groups excluding carboxylic acids is 1. The van der Waals surface area contributed by atoms with Crippen molar-refractivity contribution in [3.05, 3.63) is 65.5 Å². The zero-order chi connectivity index (χ0) is 16.0. The Kier molecular flexibility index (Phi) is 3.26. The van der Waals surface area contributed by atoms with Gasteiger partial charge in [-0.25, -0.2) is 0 Å². The Morgan fingerprint density at radius 2 is 2.00 bits per heavy atom. The van der Waals surface area contributed by atoms with Crippen molar-refractivity contribution in [1.29, 1.82) is 0 Å². The van der Waals surface area contributed by atoms with E-state index in [0.717, 1.165) is 19.4 Å². The molecule has 118 valence electrons. The van der Waals surface area contributed by atoms with E-state index in [0.29, 0.717) is 11.6 Å². The molecule has 3 heteroatoms. The van der Waals surface area contributed by atoms with Crippen LogP contribution in [0.3, 0.4) is 0 Å². The fourth-order valence-corrected chi connectivity index (χ4v) is 4.48. The van der Waals surface area contributed by atoms with Gasteiger partial charge in [-0.05, 0) is 47.4 Å². The van der Waals surface area contributed by atoms with Gasteiger partial charge in [-0.15, -0.1) is 0 Å². The molecule has 2 aromatic rings. The van der Waals surface area contributed by atoms with Crippen LogP contribution in [0.15, 0.2) is 48.7 Å². The second-order valence-corrected chi connectivity index (χ2v) is 7.10. The first kappa shape index (κ1) is 14.4. The van der Waals surface area contributed by atoms with Crippen molar-refractivity contribution >= 4 is 5.91 Å². The number of aromatic nitrogens is 1. The Morgan fingerprint density at radius 1 is 1.22 bits per heavy atom. The number of piperidine rings is 1. The fourth-order valence-electron chi connectivity index (χ4n) is 4.48. The SMILES string of the molecule is C[C@@H]1[C@H]2Cc3ccccc3[C@]1(C)CCN2C(=O)c1ccccn1. The van der Waals surface area contributed by atoms with Crippen molar-refractivity contribution < 1.29 is 4.79 Å². The van der Waals surface area contributed by atoms with Gasteiger partial charge in [-0.2, -0.15) is 0 Å². The Balaban J connectivity index is 1.72. The first-order valence-electron chi connectivity index (χ1n) is 8.41. The lowest BCUT2D eigenvalue weighted by Crippen LogP contribution is -2.59. The molecule has 1 saturated heterocycles. The standard InChI is InChI=1S/C20H22N2O/c1-14-18-13-15-7-3-4-8-16(15)20(14,2)10-12-22(18)19(23)17-9-5-6-11-21-17/h3-9,11,14,18H,10,12-13H2,1-2H3/t14-,18-,20-/m1/s1. The van der Waals surface area contributed by atoms with Crippen molar-refractivity contribution in [2.24, 2.45) is 5.92 Å². The third-order valence-corrected chi connectivity index (χ3v) is 6.06. The van der Waals surface area contributed by atoms with Crippen molar-refractivity contribution in [3.63, 3.8) is 0 Å². The minimum Gasteiger partial charge on any atom is -0.334 e. The van der Waals surface area contributed by atoms with E-state index in [1.165, 1.54) is 11.1 Å². The van der Waals surface area contributed by atoms with Gasteiger partial charge in [0.2, 0.25) is 0 Å². The van der Waals surface area contributed by atoms with Gasteiger partial charge in [0.25, 0.3) is 5.91 Å². The molecule has 1 aromatic carbocycles. The summed E-state index contributed by atoms with van der Waals surface area (Å²) in [6.07, 6.45) is 3.66. The van der Waals surface area contributed by atoms with Gasteiger partial charge in [-0.1, -0.05) is 44.2 Å². The molecule has 0 unspecified atom stereocenters. The topological polar surface area (TPSA) is 33.2 Å². The molecule has 2 aliphatic rings. The van der Waals surface area contributed by atoms with E-state index in [1.807, 2.05) is 18.2 Å².